The molecule has 0 amide bonds. The van der Waals surface area contributed by atoms with E-state index in [1.165, 1.54) is 51.4 Å². The summed E-state index contributed by atoms with van der Waals surface area (Å²) in [6.07, 6.45) is 11.3. The van der Waals surface area contributed by atoms with Crippen molar-refractivity contribution in [1.29, 1.82) is 0 Å². The van der Waals surface area contributed by atoms with Crippen LogP contribution >= 0.6 is 0 Å². The van der Waals surface area contributed by atoms with Crippen LogP contribution in [0.5, 0.6) is 0 Å². The predicted octanol–water partition coefficient (Wildman–Crippen LogP) is 4.17. The fourth-order valence-corrected chi connectivity index (χ4v) is 1.52. The summed E-state index contributed by atoms with van der Waals surface area (Å²) >= 11 is 0. The third-order valence-corrected chi connectivity index (χ3v) is 2.76. The van der Waals surface area contributed by atoms with Crippen LogP contribution in [0.25, 0.3) is 0 Å². The van der Waals surface area contributed by atoms with Crippen LogP contribution in [-0.2, 0) is 0 Å². The molecule has 0 spiro atoms. The van der Waals surface area contributed by atoms with Gasteiger partial charge < -0.3 is 0 Å². The van der Waals surface area contributed by atoms with Gasteiger partial charge in [0.05, 0.1) is 0 Å². The van der Waals surface area contributed by atoms with E-state index in [4.69, 9.17) is 0 Å². The van der Waals surface area contributed by atoms with Gasteiger partial charge in [-0.15, -0.1) is 0 Å². The van der Waals surface area contributed by atoms with Gasteiger partial charge in [-0.25, -0.2) is 0 Å². The standard InChI is InChI=1S/C8H15.C4H7/c1-2-8-6-4-3-5-7-8;1-4-2-3-4/h2-7H2,1H3;4H,1-3H2. The second kappa shape index (κ2) is 5.61. The quantitative estimate of drug-likeness (QED) is 0.548. The lowest BCUT2D eigenvalue weighted by atomic mass is 9.88. The average Bonchev–Trinajstić information content (AvgIpc) is 2.90. The van der Waals surface area contributed by atoms with Gasteiger partial charge in [-0.05, 0) is 31.1 Å². The van der Waals surface area contributed by atoms with Gasteiger partial charge in [-0.3, -0.25) is 0 Å². The Morgan fingerprint density at radius 3 is 1.92 bits per heavy atom. The lowest BCUT2D eigenvalue weighted by molar-refractivity contribution is 0.515. The van der Waals surface area contributed by atoms with Crippen LogP contribution < -0.4 is 0 Å². The molecular formula is C12H22. The Balaban J connectivity index is 0.000000150. The molecule has 0 aliphatic heterocycles. The van der Waals surface area contributed by atoms with Crippen molar-refractivity contribution >= 4 is 0 Å². The van der Waals surface area contributed by atoms with Crippen molar-refractivity contribution in [1.82, 2.24) is 0 Å². The Labute approximate surface area is 77.7 Å². The van der Waals surface area contributed by atoms with Gasteiger partial charge in [0.15, 0.2) is 0 Å². The highest BCUT2D eigenvalue weighted by Gasteiger charge is 2.12. The molecule has 2 fully saturated rings. The Hall–Kier alpha value is 0. The van der Waals surface area contributed by atoms with Gasteiger partial charge in [0.25, 0.3) is 0 Å². The molecule has 0 N–H and O–H groups in total. The van der Waals surface area contributed by atoms with E-state index in [2.05, 4.69) is 13.8 Å². The summed E-state index contributed by atoms with van der Waals surface area (Å²) in [5.74, 6) is 2.64. The second-order valence-electron chi connectivity index (χ2n) is 4.11. The first kappa shape index (κ1) is 10.1. The lowest BCUT2D eigenvalue weighted by Crippen LogP contribution is -2.01. The fourth-order valence-electron chi connectivity index (χ4n) is 1.52. The van der Waals surface area contributed by atoms with Crippen molar-refractivity contribution in [3.8, 4) is 0 Å². The first-order valence-electron chi connectivity index (χ1n) is 5.49. The molecule has 2 radical (unpaired) electrons. The first-order chi connectivity index (χ1) is 5.83. The van der Waals surface area contributed by atoms with Crippen LogP contribution in [0.4, 0.5) is 0 Å². The van der Waals surface area contributed by atoms with Crippen LogP contribution in [-0.4, -0.2) is 0 Å². The van der Waals surface area contributed by atoms with E-state index in [0.29, 0.717) is 0 Å². The van der Waals surface area contributed by atoms with Crippen molar-refractivity contribution in [3.63, 3.8) is 0 Å². The summed E-state index contributed by atoms with van der Waals surface area (Å²) in [6, 6.07) is 0. The summed E-state index contributed by atoms with van der Waals surface area (Å²) in [4.78, 5) is 0. The minimum Gasteiger partial charge on any atom is -0.0648 e. The molecule has 0 heterocycles. The molecule has 0 heteroatoms. The molecule has 2 aliphatic carbocycles. The number of hydrogen-bond acceptors (Lipinski definition) is 0. The molecule has 0 unspecified atom stereocenters. The Morgan fingerprint density at radius 1 is 1.17 bits per heavy atom. The highest BCUT2D eigenvalue weighted by atomic mass is 14.2. The summed E-state index contributed by atoms with van der Waals surface area (Å²) < 4.78 is 0. The highest BCUT2D eigenvalue weighted by molar-refractivity contribution is 4.90. The normalized spacial score (nSPS) is 24.5. The highest BCUT2D eigenvalue weighted by Crippen LogP contribution is 2.27. The molecular weight excluding hydrogens is 144 g/mol. The molecule has 2 saturated carbocycles. The largest absolute Gasteiger partial charge is 0.0648 e. The van der Waals surface area contributed by atoms with Gasteiger partial charge in [-0.2, -0.15) is 0 Å². The summed E-state index contributed by atoms with van der Waals surface area (Å²) in [6.45, 7) is 6.03. The minimum atomic E-state index is 0.833. The topological polar surface area (TPSA) is 0 Å². The van der Waals surface area contributed by atoms with Crippen LogP contribution in [0.1, 0.15) is 58.3 Å². The van der Waals surface area contributed by atoms with E-state index in [1.807, 2.05) is 0 Å². The zero-order chi connectivity index (χ0) is 8.81. The smallest absolute Gasteiger partial charge is 0.0244 e. The van der Waals surface area contributed by atoms with Crippen molar-refractivity contribution in [2.45, 2.75) is 58.3 Å². The maximum atomic E-state index is 3.75. The molecule has 0 aromatic carbocycles. The van der Waals surface area contributed by atoms with E-state index in [-0.39, 0.29) is 0 Å². The first-order valence-corrected chi connectivity index (χ1v) is 5.49. The molecule has 2 aliphatic rings. The van der Waals surface area contributed by atoms with E-state index in [1.54, 1.807) is 5.92 Å². The van der Waals surface area contributed by atoms with E-state index in [0.717, 1.165) is 5.92 Å². The van der Waals surface area contributed by atoms with E-state index in [9.17, 15) is 0 Å². The molecule has 0 nitrogen and oxygen atoms in total. The van der Waals surface area contributed by atoms with Gasteiger partial charge in [0.2, 0.25) is 0 Å². The van der Waals surface area contributed by atoms with Gasteiger partial charge >= 0.3 is 0 Å². The average molecular weight is 166 g/mol. The molecule has 0 aromatic rings. The lowest BCUT2D eigenvalue weighted by Gasteiger charge is -2.18. The molecule has 2 rings (SSSR count). The van der Waals surface area contributed by atoms with Crippen LogP contribution in [0.3, 0.4) is 0 Å². The van der Waals surface area contributed by atoms with Crippen LogP contribution in [0, 0.1) is 18.8 Å². The number of rotatable bonds is 1. The molecule has 0 saturated heterocycles. The van der Waals surface area contributed by atoms with Crippen LogP contribution in [0.2, 0.25) is 0 Å². The predicted molar refractivity (Wildman–Crippen MR) is 54.7 cm³/mol. The van der Waals surface area contributed by atoms with Gasteiger partial charge in [0, 0.05) is 0 Å². The maximum Gasteiger partial charge on any atom is -0.0244 e. The second-order valence-corrected chi connectivity index (χ2v) is 4.11. The van der Waals surface area contributed by atoms with Gasteiger partial charge in [0.1, 0.15) is 0 Å². The Bertz CT molecular complexity index is 96.6. The summed E-state index contributed by atoms with van der Waals surface area (Å²) in [5.41, 5.74) is 0. The molecule has 0 bridgehead atoms. The fraction of sp³-hybridized carbons (Fsp3) is 0.833. The Kier molecular flexibility index (Phi) is 4.72. The minimum absolute atomic E-state index is 0.833. The molecule has 12 heavy (non-hydrogen) atoms. The Morgan fingerprint density at radius 2 is 1.67 bits per heavy atom. The molecule has 0 aromatic heterocycles. The zero-order valence-corrected chi connectivity index (χ0v) is 8.44. The summed E-state index contributed by atoms with van der Waals surface area (Å²) in [7, 11) is 0. The third-order valence-electron chi connectivity index (χ3n) is 2.76. The van der Waals surface area contributed by atoms with Crippen molar-refractivity contribution in [2.75, 3.05) is 0 Å². The number of hydrogen-bond donors (Lipinski definition) is 0. The summed E-state index contributed by atoms with van der Waals surface area (Å²) in [5, 5.41) is 0. The maximum absolute atomic E-state index is 3.75. The SMILES string of the molecule is CC[C]1CCCCC1.[CH2]C1CC1. The van der Waals surface area contributed by atoms with Crippen molar-refractivity contribution in [2.24, 2.45) is 5.92 Å². The third kappa shape index (κ3) is 4.79. The monoisotopic (exact) mass is 166 g/mol. The van der Waals surface area contributed by atoms with Crippen molar-refractivity contribution < 1.29 is 0 Å². The van der Waals surface area contributed by atoms with Crippen LogP contribution in [0.15, 0.2) is 0 Å². The van der Waals surface area contributed by atoms with E-state index < -0.39 is 0 Å². The molecule has 0 atom stereocenters. The van der Waals surface area contributed by atoms with Crippen molar-refractivity contribution in [3.05, 3.63) is 12.8 Å². The van der Waals surface area contributed by atoms with E-state index >= 15 is 0 Å². The zero-order valence-electron chi connectivity index (χ0n) is 8.44. The molecule has 70 valence electrons. The van der Waals surface area contributed by atoms with Gasteiger partial charge in [-0.1, -0.05) is 46.0 Å².